The Labute approximate surface area is 113 Å². The van der Waals surface area contributed by atoms with Crippen LogP contribution >= 0.6 is 0 Å². The Morgan fingerprint density at radius 3 is 2.42 bits per heavy atom. The van der Waals surface area contributed by atoms with E-state index in [1.165, 1.54) is 0 Å². The van der Waals surface area contributed by atoms with Crippen LogP contribution in [0.25, 0.3) is 0 Å². The van der Waals surface area contributed by atoms with Crippen LogP contribution in [-0.4, -0.2) is 18.0 Å². The molecule has 0 fully saturated rings. The second-order valence-electron chi connectivity index (χ2n) is 4.73. The van der Waals surface area contributed by atoms with Crippen LogP contribution in [0.3, 0.4) is 0 Å². The molecular weight excluding hydrogens is 244 g/mol. The molecule has 2 amide bonds. The van der Waals surface area contributed by atoms with Crippen molar-refractivity contribution in [2.75, 3.05) is 0 Å². The van der Waals surface area contributed by atoms with Gasteiger partial charge in [-0.05, 0) is 11.5 Å². The Morgan fingerprint density at radius 2 is 1.89 bits per heavy atom. The zero-order valence-corrected chi connectivity index (χ0v) is 11.3. The van der Waals surface area contributed by atoms with E-state index in [-0.39, 0.29) is 25.0 Å². The van der Waals surface area contributed by atoms with Crippen LogP contribution in [0, 0.1) is 5.92 Å². The maximum absolute atomic E-state index is 11.6. The van der Waals surface area contributed by atoms with Crippen molar-refractivity contribution in [3.8, 4) is 0 Å². The van der Waals surface area contributed by atoms with Crippen molar-refractivity contribution in [1.82, 2.24) is 5.32 Å². The minimum absolute atomic E-state index is 0.108. The Kier molecular flexibility index (Phi) is 5.85. The van der Waals surface area contributed by atoms with Crippen molar-refractivity contribution < 1.29 is 14.3 Å². The van der Waals surface area contributed by atoms with E-state index in [1.807, 2.05) is 44.2 Å². The summed E-state index contributed by atoms with van der Waals surface area (Å²) < 4.78 is 5.09. The molecule has 1 aromatic rings. The summed E-state index contributed by atoms with van der Waals surface area (Å²) in [7, 11) is 0. The van der Waals surface area contributed by atoms with Crippen LogP contribution < -0.4 is 11.1 Å². The van der Waals surface area contributed by atoms with E-state index < -0.39 is 12.0 Å². The summed E-state index contributed by atoms with van der Waals surface area (Å²) in [5.41, 5.74) is 6.05. The lowest BCUT2D eigenvalue weighted by Gasteiger charge is -2.20. The first kappa shape index (κ1) is 15.0. The fourth-order valence-corrected chi connectivity index (χ4v) is 1.59. The fourth-order valence-electron chi connectivity index (χ4n) is 1.59. The SMILES string of the molecule is CC(C)[C@H](CC(N)=O)NC(=O)OCc1ccccc1. The lowest BCUT2D eigenvalue weighted by atomic mass is 10.0. The highest BCUT2D eigenvalue weighted by Crippen LogP contribution is 2.07. The molecule has 1 rings (SSSR count). The summed E-state index contributed by atoms with van der Waals surface area (Å²) in [5.74, 6) is -0.334. The number of rotatable bonds is 6. The van der Waals surface area contributed by atoms with Crippen molar-refractivity contribution in [1.29, 1.82) is 0 Å². The molecule has 0 radical (unpaired) electrons. The van der Waals surface area contributed by atoms with Gasteiger partial charge < -0.3 is 15.8 Å². The van der Waals surface area contributed by atoms with Gasteiger partial charge in [0.05, 0.1) is 0 Å². The molecule has 0 aliphatic rings. The molecule has 19 heavy (non-hydrogen) atoms. The van der Waals surface area contributed by atoms with Crippen molar-refractivity contribution in [3.05, 3.63) is 35.9 Å². The highest BCUT2D eigenvalue weighted by molar-refractivity contribution is 5.76. The Bertz CT molecular complexity index is 418. The van der Waals surface area contributed by atoms with Crippen molar-refractivity contribution in [2.24, 2.45) is 11.7 Å². The van der Waals surface area contributed by atoms with Crippen LogP contribution in [0.1, 0.15) is 25.8 Å². The Balaban J connectivity index is 2.42. The minimum atomic E-state index is -0.538. The van der Waals surface area contributed by atoms with Crippen molar-refractivity contribution in [3.63, 3.8) is 0 Å². The first-order valence-corrected chi connectivity index (χ1v) is 6.24. The third-order valence-electron chi connectivity index (χ3n) is 2.74. The van der Waals surface area contributed by atoms with Crippen molar-refractivity contribution >= 4 is 12.0 Å². The lowest BCUT2D eigenvalue weighted by molar-refractivity contribution is -0.118. The number of amides is 2. The summed E-state index contributed by atoms with van der Waals surface area (Å²) >= 11 is 0. The molecule has 5 nitrogen and oxygen atoms in total. The van der Waals surface area contributed by atoms with Gasteiger partial charge in [-0.2, -0.15) is 0 Å². The summed E-state index contributed by atoms with van der Waals surface area (Å²) in [6, 6.07) is 9.08. The van der Waals surface area contributed by atoms with Gasteiger partial charge in [0.15, 0.2) is 0 Å². The lowest BCUT2D eigenvalue weighted by Crippen LogP contribution is -2.41. The zero-order valence-electron chi connectivity index (χ0n) is 11.3. The summed E-state index contributed by atoms with van der Waals surface area (Å²) in [5, 5.41) is 2.66. The highest BCUT2D eigenvalue weighted by atomic mass is 16.5. The van der Waals surface area contributed by atoms with Gasteiger partial charge >= 0.3 is 6.09 Å². The van der Waals surface area contributed by atoms with E-state index in [2.05, 4.69) is 5.32 Å². The number of carbonyl (C=O) groups is 2. The van der Waals surface area contributed by atoms with Crippen LogP contribution in [0.15, 0.2) is 30.3 Å². The van der Waals surface area contributed by atoms with Gasteiger partial charge in [-0.3, -0.25) is 4.79 Å². The molecule has 1 aromatic carbocycles. The van der Waals surface area contributed by atoms with Gasteiger partial charge in [-0.1, -0.05) is 44.2 Å². The van der Waals surface area contributed by atoms with E-state index in [0.29, 0.717) is 0 Å². The van der Waals surface area contributed by atoms with Gasteiger partial charge in [0.2, 0.25) is 5.91 Å². The molecule has 0 heterocycles. The number of primary amides is 1. The number of hydrogen-bond donors (Lipinski definition) is 2. The molecule has 1 atom stereocenters. The van der Waals surface area contributed by atoms with Gasteiger partial charge in [-0.15, -0.1) is 0 Å². The van der Waals surface area contributed by atoms with Gasteiger partial charge in [-0.25, -0.2) is 4.79 Å². The quantitative estimate of drug-likeness (QED) is 0.822. The average molecular weight is 264 g/mol. The molecule has 0 aliphatic heterocycles. The van der Waals surface area contributed by atoms with E-state index in [0.717, 1.165) is 5.56 Å². The second kappa shape index (κ2) is 7.41. The maximum Gasteiger partial charge on any atom is 0.407 e. The van der Waals surface area contributed by atoms with E-state index in [9.17, 15) is 9.59 Å². The third kappa shape index (κ3) is 5.90. The molecular formula is C14H20N2O3. The molecule has 3 N–H and O–H groups in total. The number of alkyl carbamates (subject to hydrolysis) is 1. The maximum atomic E-state index is 11.6. The molecule has 0 aromatic heterocycles. The van der Waals surface area contributed by atoms with Crippen LogP contribution in [0.2, 0.25) is 0 Å². The van der Waals surface area contributed by atoms with E-state index in [4.69, 9.17) is 10.5 Å². The highest BCUT2D eigenvalue weighted by Gasteiger charge is 2.19. The summed E-state index contributed by atoms with van der Waals surface area (Å²) in [6.07, 6.45) is -0.429. The van der Waals surface area contributed by atoms with Gasteiger partial charge in [0.25, 0.3) is 0 Å². The van der Waals surface area contributed by atoms with Crippen LogP contribution in [0.5, 0.6) is 0 Å². The number of ether oxygens (including phenoxy) is 1. The molecule has 0 saturated carbocycles. The average Bonchev–Trinajstić information content (AvgIpc) is 2.36. The summed E-state index contributed by atoms with van der Waals surface area (Å²) in [4.78, 5) is 22.5. The number of carbonyl (C=O) groups excluding carboxylic acids is 2. The predicted molar refractivity (Wildman–Crippen MR) is 72.2 cm³/mol. The standard InChI is InChI=1S/C14H20N2O3/c1-10(2)12(8-13(15)17)16-14(18)19-9-11-6-4-3-5-7-11/h3-7,10,12H,8-9H2,1-2H3,(H2,15,17)(H,16,18)/t12-/m0/s1. The number of hydrogen-bond acceptors (Lipinski definition) is 3. The van der Waals surface area contributed by atoms with E-state index >= 15 is 0 Å². The molecule has 5 heteroatoms. The predicted octanol–water partition coefficient (Wildman–Crippen LogP) is 1.81. The second-order valence-corrected chi connectivity index (χ2v) is 4.73. The van der Waals surface area contributed by atoms with Crippen LogP contribution in [-0.2, 0) is 16.1 Å². The van der Waals surface area contributed by atoms with Crippen LogP contribution in [0.4, 0.5) is 4.79 Å². The number of nitrogens with one attached hydrogen (secondary N) is 1. The monoisotopic (exact) mass is 264 g/mol. The minimum Gasteiger partial charge on any atom is -0.445 e. The first-order valence-electron chi connectivity index (χ1n) is 6.24. The zero-order chi connectivity index (χ0) is 14.3. The summed E-state index contributed by atoms with van der Waals surface area (Å²) in [6.45, 7) is 4.02. The molecule has 0 saturated heterocycles. The molecule has 0 spiro atoms. The van der Waals surface area contributed by atoms with Gasteiger partial charge in [0, 0.05) is 12.5 Å². The molecule has 0 unspecified atom stereocenters. The smallest absolute Gasteiger partial charge is 0.407 e. The number of nitrogens with two attached hydrogens (primary N) is 1. The van der Waals surface area contributed by atoms with Crippen molar-refractivity contribution in [2.45, 2.75) is 32.9 Å². The molecule has 0 aliphatic carbocycles. The molecule has 0 bridgehead atoms. The normalized spacial score (nSPS) is 11.9. The Hall–Kier alpha value is -2.04. The molecule has 104 valence electrons. The first-order chi connectivity index (χ1) is 8.99. The third-order valence-corrected chi connectivity index (χ3v) is 2.74. The van der Waals surface area contributed by atoms with E-state index in [1.54, 1.807) is 0 Å². The fraction of sp³-hybridized carbons (Fsp3) is 0.429. The topological polar surface area (TPSA) is 81.4 Å². The number of benzene rings is 1. The van der Waals surface area contributed by atoms with Gasteiger partial charge in [0.1, 0.15) is 6.61 Å². The largest absolute Gasteiger partial charge is 0.445 e. The Morgan fingerprint density at radius 1 is 1.26 bits per heavy atom.